The fraction of sp³-hybridized carbons (Fsp3) is 0.208. The van der Waals surface area contributed by atoms with Gasteiger partial charge in [-0.1, -0.05) is 18.9 Å². The zero-order chi connectivity index (χ0) is 21.2. The van der Waals surface area contributed by atoms with Gasteiger partial charge in [-0.2, -0.15) is 0 Å². The summed E-state index contributed by atoms with van der Waals surface area (Å²) in [7, 11) is 0. The molecule has 0 unspecified atom stereocenters. The number of anilines is 2. The van der Waals surface area contributed by atoms with E-state index in [9.17, 15) is 9.59 Å². The summed E-state index contributed by atoms with van der Waals surface area (Å²) in [5.41, 5.74) is 4.11. The number of carbonyl (C=O) groups excluding carboxylic acids is 2. The maximum atomic E-state index is 12.3. The fourth-order valence-electron chi connectivity index (χ4n) is 3.97. The van der Waals surface area contributed by atoms with Crippen molar-refractivity contribution in [1.82, 2.24) is 9.97 Å². The monoisotopic (exact) mass is 430 g/mol. The van der Waals surface area contributed by atoms with Crippen LogP contribution >= 0.6 is 11.3 Å². The lowest BCUT2D eigenvalue weighted by atomic mass is 10.1. The molecule has 0 spiro atoms. The molecule has 2 heterocycles. The number of imidazole rings is 1. The van der Waals surface area contributed by atoms with Crippen molar-refractivity contribution in [3.63, 3.8) is 0 Å². The predicted octanol–water partition coefficient (Wildman–Crippen LogP) is 5.67. The molecular weight excluding hydrogens is 408 g/mol. The zero-order valence-corrected chi connectivity index (χ0v) is 17.7. The van der Waals surface area contributed by atoms with Gasteiger partial charge in [0.1, 0.15) is 5.82 Å². The Balaban J connectivity index is 1.30. The van der Waals surface area contributed by atoms with Crippen LogP contribution in [0, 0.1) is 5.92 Å². The van der Waals surface area contributed by atoms with E-state index < -0.39 is 0 Å². The highest BCUT2D eigenvalue weighted by molar-refractivity contribution is 7.12. The van der Waals surface area contributed by atoms with Crippen molar-refractivity contribution >= 4 is 45.6 Å². The van der Waals surface area contributed by atoms with E-state index in [1.165, 1.54) is 11.3 Å². The second-order valence-corrected chi connectivity index (χ2v) is 8.74. The van der Waals surface area contributed by atoms with Crippen molar-refractivity contribution < 1.29 is 9.59 Å². The Bertz CT molecular complexity index is 1220. The van der Waals surface area contributed by atoms with Crippen LogP contribution in [-0.2, 0) is 4.79 Å². The smallest absolute Gasteiger partial charge is 0.265 e. The van der Waals surface area contributed by atoms with E-state index in [0.29, 0.717) is 10.6 Å². The van der Waals surface area contributed by atoms with Crippen molar-refractivity contribution in [2.75, 3.05) is 10.6 Å². The van der Waals surface area contributed by atoms with Gasteiger partial charge in [0, 0.05) is 22.9 Å². The molecule has 0 radical (unpaired) electrons. The van der Waals surface area contributed by atoms with Gasteiger partial charge in [0.05, 0.1) is 15.9 Å². The normalized spacial score (nSPS) is 14.1. The summed E-state index contributed by atoms with van der Waals surface area (Å²) in [6, 6.07) is 17.0. The number of amides is 2. The first-order chi connectivity index (χ1) is 15.2. The number of nitrogens with one attached hydrogen (secondary N) is 3. The number of aromatic nitrogens is 2. The molecule has 0 atom stereocenters. The van der Waals surface area contributed by atoms with Crippen LogP contribution in [0.2, 0.25) is 0 Å². The maximum absolute atomic E-state index is 12.3. The van der Waals surface area contributed by atoms with Crippen LogP contribution in [0.3, 0.4) is 0 Å². The molecule has 6 nitrogen and oxygen atoms in total. The second kappa shape index (κ2) is 8.35. The van der Waals surface area contributed by atoms with Gasteiger partial charge in [-0.15, -0.1) is 11.3 Å². The van der Waals surface area contributed by atoms with Crippen molar-refractivity contribution in [3.8, 4) is 11.4 Å². The Labute approximate surface area is 183 Å². The molecule has 0 bridgehead atoms. The lowest BCUT2D eigenvalue weighted by Gasteiger charge is -2.10. The highest BCUT2D eigenvalue weighted by Gasteiger charge is 2.22. The molecule has 1 saturated carbocycles. The largest absolute Gasteiger partial charge is 0.338 e. The highest BCUT2D eigenvalue weighted by atomic mass is 32.1. The Morgan fingerprint density at radius 2 is 1.74 bits per heavy atom. The summed E-state index contributed by atoms with van der Waals surface area (Å²) in [6.45, 7) is 0. The number of carbonyl (C=O) groups is 2. The van der Waals surface area contributed by atoms with Gasteiger partial charge in [0.25, 0.3) is 5.91 Å². The second-order valence-electron chi connectivity index (χ2n) is 7.80. The fourth-order valence-corrected chi connectivity index (χ4v) is 4.59. The van der Waals surface area contributed by atoms with E-state index in [-0.39, 0.29) is 17.7 Å². The molecule has 1 aliphatic carbocycles. The zero-order valence-electron chi connectivity index (χ0n) is 16.9. The Morgan fingerprint density at radius 3 is 2.48 bits per heavy atom. The van der Waals surface area contributed by atoms with Gasteiger partial charge in [-0.25, -0.2) is 4.98 Å². The van der Waals surface area contributed by atoms with Gasteiger partial charge < -0.3 is 15.6 Å². The lowest BCUT2D eigenvalue weighted by Crippen LogP contribution is -2.20. The minimum Gasteiger partial charge on any atom is -0.338 e. The first-order valence-electron chi connectivity index (χ1n) is 10.4. The summed E-state index contributed by atoms with van der Waals surface area (Å²) in [5.74, 6) is 0.880. The standard InChI is InChI=1S/C24H22N4O2S/c29-23(16-4-1-2-5-16)25-17-9-7-15(8-10-17)22-27-19-12-11-18(14-20(19)28-22)26-24(30)21-6-3-13-31-21/h3,6-14,16H,1-2,4-5H2,(H,25,29)(H,26,30)(H,27,28). The average Bonchev–Trinajstić information content (AvgIpc) is 3.55. The molecule has 31 heavy (non-hydrogen) atoms. The topological polar surface area (TPSA) is 86.9 Å². The van der Waals surface area contributed by atoms with E-state index in [4.69, 9.17) is 0 Å². The van der Waals surface area contributed by atoms with Crippen molar-refractivity contribution in [2.24, 2.45) is 5.92 Å². The molecule has 2 amide bonds. The number of nitrogens with zero attached hydrogens (tertiary/aromatic N) is 1. The van der Waals surface area contributed by atoms with Crippen LogP contribution in [0.4, 0.5) is 11.4 Å². The Hall–Kier alpha value is -3.45. The number of fused-ring (bicyclic) bond motifs is 1. The Kier molecular flexibility index (Phi) is 5.26. The first-order valence-corrected chi connectivity index (χ1v) is 11.3. The summed E-state index contributed by atoms with van der Waals surface area (Å²) in [5, 5.41) is 7.81. The van der Waals surface area contributed by atoms with E-state index in [1.807, 2.05) is 53.9 Å². The highest BCUT2D eigenvalue weighted by Crippen LogP contribution is 2.27. The molecule has 5 rings (SSSR count). The van der Waals surface area contributed by atoms with Crippen LogP contribution in [0.1, 0.15) is 35.4 Å². The van der Waals surface area contributed by atoms with E-state index in [1.54, 1.807) is 6.07 Å². The lowest BCUT2D eigenvalue weighted by molar-refractivity contribution is -0.119. The minimum atomic E-state index is -0.121. The molecular formula is C24H22N4O2S. The SMILES string of the molecule is O=C(Nc1ccc2nc(-c3ccc(NC(=O)C4CCCC4)cc3)[nH]c2c1)c1cccs1. The third kappa shape index (κ3) is 4.22. The molecule has 2 aromatic carbocycles. The molecule has 156 valence electrons. The van der Waals surface area contributed by atoms with Crippen molar-refractivity contribution in [2.45, 2.75) is 25.7 Å². The third-order valence-electron chi connectivity index (χ3n) is 5.64. The predicted molar refractivity (Wildman–Crippen MR) is 124 cm³/mol. The van der Waals surface area contributed by atoms with Crippen LogP contribution < -0.4 is 10.6 Å². The number of benzene rings is 2. The summed E-state index contributed by atoms with van der Waals surface area (Å²) in [6.07, 6.45) is 4.25. The number of aromatic amines is 1. The summed E-state index contributed by atoms with van der Waals surface area (Å²) in [4.78, 5) is 33.2. The molecule has 3 N–H and O–H groups in total. The molecule has 0 aliphatic heterocycles. The Morgan fingerprint density at radius 1 is 0.968 bits per heavy atom. The summed E-state index contributed by atoms with van der Waals surface area (Å²) >= 11 is 1.41. The number of thiophene rings is 1. The number of rotatable bonds is 5. The van der Waals surface area contributed by atoms with E-state index in [2.05, 4.69) is 20.6 Å². The van der Waals surface area contributed by atoms with E-state index in [0.717, 1.165) is 53.8 Å². The third-order valence-corrected chi connectivity index (χ3v) is 6.51. The van der Waals surface area contributed by atoms with Gasteiger partial charge in [0.15, 0.2) is 0 Å². The van der Waals surface area contributed by atoms with Crippen LogP contribution in [0.15, 0.2) is 60.0 Å². The van der Waals surface area contributed by atoms with Crippen LogP contribution in [-0.4, -0.2) is 21.8 Å². The van der Waals surface area contributed by atoms with E-state index >= 15 is 0 Å². The molecule has 1 fully saturated rings. The molecule has 0 saturated heterocycles. The van der Waals surface area contributed by atoms with Gasteiger partial charge in [0.2, 0.25) is 5.91 Å². The number of hydrogen-bond donors (Lipinski definition) is 3. The number of hydrogen-bond acceptors (Lipinski definition) is 4. The molecule has 2 aromatic heterocycles. The first kappa shape index (κ1) is 19.5. The molecule has 4 aromatic rings. The minimum absolute atomic E-state index is 0.117. The molecule has 7 heteroatoms. The van der Waals surface area contributed by atoms with Gasteiger partial charge >= 0.3 is 0 Å². The average molecular weight is 431 g/mol. The van der Waals surface area contributed by atoms with Gasteiger partial charge in [-0.05, 0) is 66.8 Å². The van der Waals surface area contributed by atoms with Gasteiger partial charge in [-0.3, -0.25) is 9.59 Å². The number of H-pyrrole nitrogens is 1. The quantitative estimate of drug-likeness (QED) is 0.381. The maximum Gasteiger partial charge on any atom is 0.265 e. The van der Waals surface area contributed by atoms with Crippen molar-refractivity contribution in [1.29, 1.82) is 0 Å². The van der Waals surface area contributed by atoms with Crippen LogP contribution in [0.5, 0.6) is 0 Å². The van der Waals surface area contributed by atoms with Crippen LogP contribution in [0.25, 0.3) is 22.4 Å². The van der Waals surface area contributed by atoms with Crippen molar-refractivity contribution in [3.05, 3.63) is 64.9 Å². The molecule has 1 aliphatic rings. The summed E-state index contributed by atoms with van der Waals surface area (Å²) < 4.78 is 0.